The Hall–Kier alpha value is -3.09. The Morgan fingerprint density at radius 2 is 1.53 bits per heavy atom. The molecule has 4 rings (SSSR count). The van der Waals surface area contributed by atoms with Gasteiger partial charge in [0.15, 0.2) is 0 Å². The van der Waals surface area contributed by atoms with E-state index in [1.54, 1.807) is 12.1 Å². The van der Waals surface area contributed by atoms with E-state index < -0.39 is 10.0 Å². The van der Waals surface area contributed by atoms with E-state index in [4.69, 9.17) is 0 Å². The van der Waals surface area contributed by atoms with Gasteiger partial charge in [0.25, 0.3) is 10.0 Å². The maximum Gasteiger partial charge on any atom is 0.261 e. The molecule has 5 nitrogen and oxygen atoms in total. The molecule has 0 saturated carbocycles. The second kappa shape index (κ2) is 8.34. The highest BCUT2D eigenvalue weighted by Crippen LogP contribution is 2.28. The smallest absolute Gasteiger partial charge is 0.261 e. The van der Waals surface area contributed by atoms with Crippen LogP contribution in [0.5, 0.6) is 0 Å². The molecular weight excluding hydrogens is 394 g/mol. The lowest BCUT2D eigenvalue weighted by Crippen LogP contribution is -2.18. The number of anilines is 1. The molecule has 1 aromatic heterocycles. The molecule has 0 spiro atoms. The highest BCUT2D eigenvalue weighted by Gasteiger charge is 2.17. The van der Waals surface area contributed by atoms with Crippen molar-refractivity contribution in [1.82, 2.24) is 9.47 Å². The van der Waals surface area contributed by atoms with Gasteiger partial charge in [-0.25, -0.2) is 8.42 Å². The quantitative estimate of drug-likeness (QED) is 0.474. The van der Waals surface area contributed by atoms with Crippen LogP contribution in [0.1, 0.15) is 0 Å². The summed E-state index contributed by atoms with van der Waals surface area (Å²) in [5.74, 6) is 0. The number of aromatic nitrogens is 1. The van der Waals surface area contributed by atoms with Crippen LogP contribution in [0.3, 0.4) is 0 Å². The zero-order chi connectivity index (χ0) is 21.1. The highest BCUT2D eigenvalue weighted by atomic mass is 32.2. The number of nitrogens with zero attached hydrogens (tertiary/aromatic N) is 2. The monoisotopic (exact) mass is 419 g/mol. The first-order chi connectivity index (χ1) is 14.4. The second-order valence-electron chi connectivity index (χ2n) is 7.55. The average Bonchev–Trinajstić information content (AvgIpc) is 3.17. The number of rotatable bonds is 7. The van der Waals surface area contributed by atoms with Crippen molar-refractivity contribution < 1.29 is 8.42 Å². The minimum atomic E-state index is -3.70. The molecule has 4 aromatic rings. The van der Waals surface area contributed by atoms with E-state index in [9.17, 15) is 8.42 Å². The molecule has 0 amide bonds. The van der Waals surface area contributed by atoms with Gasteiger partial charge in [0.2, 0.25) is 0 Å². The molecular formula is C24H25N3O2S. The van der Waals surface area contributed by atoms with Gasteiger partial charge in [0.1, 0.15) is 0 Å². The summed E-state index contributed by atoms with van der Waals surface area (Å²) in [6, 6.07) is 24.6. The molecule has 0 unspecified atom stereocenters. The van der Waals surface area contributed by atoms with Crippen molar-refractivity contribution in [3.8, 4) is 11.1 Å². The first-order valence-corrected chi connectivity index (χ1v) is 11.3. The fourth-order valence-corrected chi connectivity index (χ4v) is 4.56. The first kappa shape index (κ1) is 20.2. The fourth-order valence-electron chi connectivity index (χ4n) is 3.50. The van der Waals surface area contributed by atoms with Gasteiger partial charge in [-0.3, -0.25) is 4.72 Å². The Morgan fingerprint density at radius 3 is 2.23 bits per heavy atom. The lowest BCUT2D eigenvalue weighted by Gasteiger charge is -2.15. The van der Waals surface area contributed by atoms with Crippen molar-refractivity contribution in [3.63, 3.8) is 0 Å². The van der Waals surface area contributed by atoms with Gasteiger partial charge in [0.05, 0.1) is 16.1 Å². The number of fused-ring (bicyclic) bond motifs is 1. The molecule has 0 aliphatic rings. The number of hydrogen-bond donors (Lipinski definition) is 1. The minimum Gasteiger partial charge on any atom is -0.344 e. The van der Waals surface area contributed by atoms with Crippen molar-refractivity contribution >= 4 is 26.6 Å². The standard InChI is InChI=1S/C24H25N3O2S/c1-26(2)17-18-27-16-15-21-9-6-10-23(24(21)27)25-30(28,29)22-13-11-20(12-14-22)19-7-4-3-5-8-19/h3-16,25H,17-18H2,1-2H3. The van der Waals surface area contributed by atoms with Crippen molar-refractivity contribution in [2.75, 3.05) is 25.4 Å². The lowest BCUT2D eigenvalue weighted by molar-refractivity contribution is 0.387. The molecule has 0 bridgehead atoms. The molecule has 3 aromatic carbocycles. The van der Waals surface area contributed by atoms with Crippen molar-refractivity contribution in [2.24, 2.45) is 0 Å². The summed E-state index contributed by atoms with van der Waals surface area (Å²) < 4.78 is 31.0. The van der Waals surface area contributed by atoms with E-state index in [1.807, 2.05) is 87.0 Å². The summed E-state index contributed by atoms with van der Waals surface area (Å²) in [4.78, 5) is 2.35. The van der Waals surface area contributed by atoms with Crippen LogP contribution in [-0.2, 0) is 16.6 Å². The van der Waals surface area contributed by atoms with E-state index in [0.29, 0.717) is 5.69 Å². The van der Waals surface area contributed by atoms with E-state index in [-0.39, 0.29) is 4.90 Å². The Balaban J connectivity index is 1.63. The maximum absolute atomic E-state index is 13.1. The van der Waals surface area contributed by atoms with Crippen LogP contribution in [0, 0.1) is 0 Å². The summed E-state index contributed by atoms with van der Waals surface area (Å²) in [6.45, 7) is 1.65. The van der Waals surface area contributed by atoms with Crippen molar-refractivity contribution in [1.29, 1.82) is 0 Å². The normalized spacial score (nSPS) is 11.8. The highest BCUT2D eigenvalue weighted by molar-refractivity contribution is 7.92. The zero-order valence-electron chi connectivity index (χ0n) is 17.1. The second-order valence-corrected chi connectivity index (χ2v) is 9.23. The van der Waals surface area contributed by atoms with Crippen LogP contribution in [0.4, 0.5) is 5.69 Å². The van der Waals surface area contributed by atoms with Crippen LogP contribution >= 0.6 is 0 Å². The molecule has 0 atom stereocenters. The van der Waals surface area contributed by atoms with Crippen LogP contribution < -0.4 is 4.72 Å². The van der Waals surface area contributed by atoms with E-state index in [0.717, 1.165) is 35.1 Å². The van der Waals surface area contributed by atoms with Crippen molar-refractivity contribution in [3.05, 3.63) is 85.1 Å². The van der Waals surface area contributed by atoms with Gasteiger partial charge in [-0.05, 0) is 49.5 Å². The minimum absolute atomic E-state index is 0.241. The summed E-state index contributed by atoms with van der Waals surface area (Å²) in [5.41, 5.74) is 3.51. The molecule has 0 aliphatic carbocycles. The van der Waals surface area contributed by atoms with Gasteiger partial charge >= 0.3 is 0 Å². The number of likely N-dealkylation sites (N-methyl/N-ethyl adjacent to an activating group) is 1. The molecule has 30 heavy (non-hydrogen) atoms. The van der Waals surface area contributed by atoms with Crippen LogP contribution in [-0.4, -0.2) is 38.5 Å². The van der Waals surface area contributed by atoms with Gasteiger partial charge < -0.3 is 9.47 Å². The number of nitrogens with one attached hydrogen (secondary N) is 1. The average molecular weight is 420 g/mol. The third-order valence-corrected chi connectivity index (χ3v) is 6.47. The Bertz CT molecular complexity index is 1240. The molecule has 6 heteroatoms. The predicted octanol–water partition coefficient (Wildman–Crippen LogP) is 4.67. The van der Waals surface area contributed by atoms with Crippen molar-refractivity contribution in [2.45, 2.75) is 11.4 Å². The Kier molecular flexibility index (Phi) is 5.61. The summed E-state index contributed by atoms with van der Waals surface area (Å²) >= 11 is 0. The number of sulfonamides is 1. The molecule has 1 N–H and O–H groups in total. The SMILES string of the molecule is CN(C)CCn1ccc2cccc(NS(=O)(=O)c3ccc(-c4ccccc4)cc3)c21. The third-order valence-electron chi connectivity index (χ3n) is 5.09. The molecule has 1 heterocycles. The fraction of sp³-hybridized carbons (Fsp3) is 0.167. The topological polar surface area (TPSA) is 54.3 Å². The van der Waals surface area contributed by atoms with Crippen LogP contribution in [0.25, 0.3) is 22.0 Å². The van der Waals surface area contributed by atoms with Crippen LogP contribution in [0.2, 0.25) is 0 Å². The maximum atomic E-state index is 13.1. The van der Waals surface area contributed by atoms with E-state index in [2.05, 4.69) is 14.2 Å². The van der Waals surface area contributed by atoms with Crippen LogP contribution in [0.15, 0.2) is 90.0 Å². The Morgan fingerprint density at radius 1 is 0.833 bits per heavy atom. The number of benzene rings is 3. The largest absolute Gasteiger partial charge is 0.344 e. The summed E-state index contributed by atoms with van der Waals surface area (Å²) in [7, 11) is 0.341. The molecule has 0 radical (unpaired) electrons. The molecule has 154 valence electrons. The van der Waals surface area contributed by atoms with E-state index in [1.165, 1.54) is 0 Å². The molecule has 0 saturated heterocycles. The number of para-hydroxylation sites is 1. The van der Waals surface area contributed by atoms with Gasteiger partial charge in [-0.1, -0.05) is 54.6 Å². The van der Waals surface area contributed by atoms with Gasteiger partial charge in [-0.2, -0.15) is 0 Å². The van der Waals surface area contributed by atoms with E-state index >= 15 is 0 Å². The molecule has 0 aliphatic heterocycles. The Labute approximate surface area is 177 Å². The van der Waals surface area contributed by atoms with Gasteiger partial charge in [-0.15, -0.1) is 0 Å². The number of hydrogen-bond acceptors (Lipinski definition) is 3. The molecule has 0 fully saturated rings. The summed E-state index contributed by atoms with van der Waals surface area (Å²) in [6.07, 6.45) is 2.00. The van der Waals surface area contributed by atoms with Gasteiger partial charge in [0, 0.05) is 24.7 Å². The zero-order valence-corrected chi connectivity index (χ0v) is 17.9. The predicted molar refractivity (Wildman–Crippen MR) is 123 cm³/mol. The third kappa shape index (κ3) is 4.25. The lowest BCUT2D eigenvalue weighted by atomic mass is 10.1. The summed E-state index contributed by atoms with van der Waals surface area (Å²) in [5, 5.41) is 1.01. The first-order valence-electron chi connectivity index (χ1n) is 9.85.